The van der Waals surface area contributed by atoms with Crippen LogP contribution in [0.25, 0.3) is 11.2 Å². The zero-order chi connectivity index (χ0) is 13.9. The number of pyridine rings is 1. The molecule has 5 heteroatoms. The third-order valence-corrected chi connectivity index (χ3v) is 4.08. The Morgan fingerprint density at radius 2 is 2.05 bits per heavy atom. The van der Waals surface area contributed by atoms with Gasteiger partial charge in [0.05, 0.1) is 0 Å². The summed E-state index contributed by atoms with van der Waals surface area (Å²) in [6.07, 6.45) is 5.66. The molecule has 1 aliphatic heterocycles. The Kier molecular flexibility index (Phi) is 3.78. The van der Waals surface area contributed by atoms with E-state index in [0.717, 1.165) is 42.9 Å². The van der Waals surface area contributed by atoms with Gasteiger partial charge in [-0.1, -0.05) is 13.8 Å². The number of anilines is 1. The Morgan fingerprint density at radius 1 is 1.20 bits per heavy atom. The molecule has 0 saturated carbocycles. The van der Waals surface area contributed by atoms with Crippen molar-refractivity contribution in [2.45, 2.75) is 38.8 Å². The highest BCUT2D eigenvalue weighted by Gasteiger charge is 2.26. The van der Waals surface area contributed by atoms with Gasteiger partial charge in [-0.2, -0.15) is 0 Å². The maximum Gasteiger partial charge on any atom is 0.180 e. The molecule has 0 radical (unpaired) electrons. The summed E-state index contributed by atoms with van der Waals surface area (Å²) in [4.78, 5) is 15.7. The summed E-state index contributed by atoms with van der Waals surface area (Å²) in [7, 11) is 0. The second-order valence-corrected chi connectivity index (χ2v) is 5.30. The van der Waals surface area contributed by atoms with E-state index in [2.05, 4.69) is 40.1 Å². The summed E-state index contributed by atoms with van der Waals surface area (Å²) in [6, 6.07) is 5.12. The molecule has 2 unspecified atom stereocenters. The van der Waals surface area contributed by atoms with Crippen molar-refractivity contribution >= 4 is 17.0 Å². The van der Waals surface area contributed by atoms with E-state index in [9.17, 15) is 0 Å². The molecule has 1 N–H and O–H groups in total. The molecule has 5 nitrogen and oxygen atoms in total. The van der Waals surface area contributed by atoms with E-state index in [1.165, 1.54) is 0 Å². The van der Waals surface area contributed by atoms with Gasteiger partial charge in [-0.15, -0.1) is 0 Å². The lowest BCUT2D eigenvalue weighted by atomic mass is 10.1. The van der Waals surface area contributed by atoms with Gasteiger partial charge in [-0.25, -0.2) is 9.97 Å². The number of aromatic nitrogens is 3. The third kappa shape index (κ3) is 2.45. The first-order valence-corrected chi connectivity index (χ1v) is 7.39. The zero-order valence-corrected chi connectivity index (χ0v) is 12.1. The predicted molar refractivity (Wildman–Crippen MR) is 80.8 cm³/mol. The highest BCUT2D eigenvalue weighted by Crippen LogP contribution is 2.21. The van der Waals surface area contributed by atoms with Crippen molar-refractivity contribution in [1.82, 2.24) is 20.3 Å². The number of hydrogen-bond acceptors (Lipinski definition) is 5. The highest BCUT2D eigenvalue weighted by atomic mass is 15.3. The first-order chi connectivity index (χ1) is 9.81. The van der Waals surface area contributed by atoms with Crippen molar-refractivity contribution in [3.63, 3.8) is 0 Å². The number of fused-ring (bicyclic) bond motifs is 1. The van der Waals surface area contributed by atoms with Gasteiger partial charge in [-0.05, 0) is 25.0 Å². The highest BCUT2D eigenvalue weighted by molar-refractivity contribution is 5.71. The van der Waals surface area contributed by atoms with Crippen molar-refractivity contribution < 1.29 is 0 Å². The molecule has 1 aliphatic rings. The minimum atomic E-state index is 0.499. The van der Waals surface area contributed by atoms with Gasteiger partial charge in [0.1, 0.15) is 11.3 Å². The fraction of sp³-hybridized carbons (Fsp3) is 0.533. The quantitative estimate of drug-likeness (QED) is 0.925. The maximum atomic E-state index is 4.69. The lowest BCUT2D eigenvalue weighted by molar-refractivity contribution is 0.377. The Labute approximate surface area is 119 Å². The molecule has 20 heavy (non-hydrogen) atoms. The van der Waals surface area contributed by atoms with Gasteiger partial charge in [-0.3, -0.25) is 4.98 Å². The van der Waals surface area contributed by atoms with E-state index in [0.29, 0.717) is 12.1 Å². The van der Waals surface area contributed by atoms with Crippen LogP contribution in [0.15, 0.2) is 24.5 Å². The minimum Gasteiger partial charge on any atom is -0.351 e. The van der Waals surface area contributed by atoms with Crippen LogP contribution in [0.3, 0.4) is 0 Å². The molecule has 2 aromatic rings. The van der Waals surface area contributed by atoms with E-state index < -0.39 is 0 Å². The molecule has 3 heterocycles. The number of piperazine rings is 1. The summed E-state index contributed by atoms with van der Waals surface area (Å²) in [6.45, 7) is 6.48. The van der Waals surface area contributed by atoms with Crippen LogP contribution in [0.4, 0.5) is 5.82 Å². The van der Waals surface area contributed by atoms with E-state index >= 15 is 0 Å². The average molecular weight is 271 g/mol. The fourth-order valence-corrected chi connectivity index (χ4v) is 2.79. The minimum absolute atomic E-state index is 0.499. The molecule has 1 fully saturated rings. The molecular formula is C15H21N5. The van der Waals surface area contributed by atoms with Gasteiger partial charge in [0.15, 0.2) is 5.65 Å². The predicted octanol–water partition coefficient (Wildman–Crippen LogP) is 1.99. The molecule has 0 aromatic carbocycles. The van der Waals surface area contributed by atoms with Crippen LogP contribution >= 0.6 is 0 Å². The number of nitrogens with zero attached hydrogens (tertiary/aromatic N) is 4. The Balaban J connectivity index is 1.94. The standard InChI is InChI=1S/C15H21N5/c1-3-11-10-20(12(4-2)9-18-11)14-6-5-13-15(19-14)17-8-7-16-13/h5-8,11-12,18H,3-4,9-10H2,1-2H3. The van der Waals surface area contributed by atoms with Crippen LogP contribution < -0.4 is 10.2 Å². The van der Waals surface area contributed by atoms with E-state index in [4.69, 9.17) is 4.98 Å². The smallest absolute Gasteiger partial charge is 0.180 e. The molecule has 2 aromatic heterocycles. The lowest BCUT2D eigenvalue weighted by Gasteiger charge is -2.40. The van der Waals surface area contributed by atoms with Crippen LogP contribution in [-0.2, 0) is 0 Å². The zero-order valence-electron chi connectivity index (χ0n) is 12.1. The summed E-state index contributed by atoms with van der Waals surface area (Å²) in [5.74, 6) is 1.02. The molecule has 0 bridgehead atoms. The van der Waals surface area contributed by atoms with Crippen molar-refractivity contribution in [2.75, 3.05) is 18.0 Å². The first kappa shape index (κ1) is 13.2. The van der Waals surface area contributed by atoms with Gasteiger partial charge < -0.3 is 10.2 Å². The topological polar surface area (TPSA) is 53.9 Å². The van der Waals surface area contributed by atoms with E-state index in [1.807, 2.05) is 6.07 Å². The summed E-state index contributed by atoms with van der Waals surface area (Å²) in [5.41, 5.74) is 1.58. The summed E-state index contributed by atoms with van der Waals surface area (Å²) < 4.78 is 0. The molecule has 0 aliphatic carbocycles. The Bertz CT molecular complexity index is 585. The number of nitrogens with one attached hydrogen (secondary N) is 1. The number of rotatable bonds is 3. The molecule has 0 amide bonds. The molecule has 1 saturated heterocycles. The van der Waals surface area contributed by atoms with Crippen LogP contribution in [0.5, 0.6) is 0 Å². The molecule has 0 spiro atoms. The van der Waals surface area contributed by atoms with Gasteiger partial charge in [0.25, 0.3) is 0 Å². The van der Waals surface area contributed by atoms with Crippen LogP contribution in [0, 0.1) is 0 Å². The second-order valence-electron chi connectivity index (χ2n) is 5.30. The lowest BCUT2D eigenvalue weighted by Crippen LogP contribution is -2.56. The van der Waals surface area contributed by atoms with Crippen LogP contribution in [-0.4, -0.2) is 40.1 Å². The van der Waals surface area contributed by atoms with Crippen molar-refractivity contribution in [1.29, 1.82) is 0 Å². The monoisotopic (exact) mass is 271 g/mol. The molecular weight excluding hydrogens is 250 g/mol. The third-order valence-electron chi connectivity index (χ3n) is 4.08. The van der Waals surface area contributed by atoms with E-state index in [-0.39, 0.29) is 0 Å². The SMILES string of the molecule is CCC1CN(c2ccc3nccnc3n2)C(CC)CN1. The van der Waals surface area contributed by atoms with Crippen molar-refractivity contribution in [2.24, 2.45) is 0 Å². The summed E-state index contributed by atoms with van der Waals surface area (Å²) in [5, 5.41) is 3.61. The second kappa shape index (κ2) is 5.71. The van der Waals surface area contributed by atoms with Gasteiger partial charge >= 0.3 is 0 Å². The number of hydrogen-bond donors (Lipinski definition) is 1. The Morgan fingerprint density at radius 3 is 2.85 bits per heavy atom. The largest absolute Gasteiger partial charge is 0.351 e. The van der Waals surface area contributed by atoms with E-state index in [1.54, 1.807) is 12.4 Å². The van der Waals surface area contributed by atoms with Gasteiger partial charge in [0.2, 0.25) is 0 Å². The molecule has 2 atom stereocenters. The maximum absolute atomic E-state index is 4.69. The normalized spacial score (nSPS) is 23.2. The first-order valence-electron chi connectivity index (χ1n) is 7.39. The van der Waals surface area contributed by atoms with Crippen molar-refractivity contribution in [3.8, 4) is 0 Å². The summed E-state index contributed by atoms with van der Waals surface area (Å²) >= 11 is 0. The molecule has 106 valence electrons. The average Bonchev–Trinajstić information content (AvgIpc) is 2.53. The molecule has 3 rings (SSSR count). The van der Waals surface area contributed by atoms with Gasteiger partial charge in [0, 0.05) is 37.6 Å². The Hall–Kier alpha value is -1.75. The van der Waals surface area contributed by atoms with Crippen LogP contribution in [0.1, 0.15) is 26.7 Å². The van der Waals surface area contributed by atoms with Crippen LogP contribution in [0.2, 0.25) is 0 Å². The van der Waals surface area contributed by atoms with Crippen molar-refractivity contribution in [3.05, 3.63) is 24.5 Å². The fourth-order valence-electron chi connectivity index (χ4n) is 2.79.